The maximum atomic E-state index is 12.6. The summed E-state index contributed by atoms with van der Waals surface area (Å²) in [7, 11) is -1.69. The number of ketones is 1. The number of hydrogen-bond acceptors (Lipinski definition) is 3. The summed E-state index contributed by atoms with van der Waals surface area (Å²) in [6, 6.07) is 0. The van der Waals surface area contributed by atoms with Gasteiger partial charge in [-0.05, 0) is 86.2 Å². The van der Waals surface area contributed by atoms with Gasteiger partial charge in [0.25, 0.3) is 0 Å². The van der Waals surface area contributed by atoms with Crippen LogP contribution in [-0.2, 0) is 14.0 Å². The number of carbonyl (C=O) groups is 1. The van der Waals surface area contributed by atoms with Crippen LogP contribution in [0.25, 0.3) is 0 Å². The lowest BCUT2D eigenvalue weighted by atomic mass is 9.48. The number of Topliss-reactive ketones (excluding diaryl/α,β-unsaturated/α-hetero) is 1. The maximum absolute atomic E-state index is 12.6. The van der Waals surface area contributed by atoms with Crippen LogP contribution in [0.4, 0.5) is 0 Å². The number of hydrogen-bond donors (Lipinski definition) is 0. The Morgan fingerprint density at radius 3 is 2.42 bits per heavy atom. The van der Waals surface area contributed by atoms with Gasteiger partial charge in [0.2, 0.25) is 0 Å². The second-order valence-corrected chi connectivity index (χ2v) is 17.8. The van der Waals surface area contributed by atoms with Gasteiger partial charge in [-0.2, -0.15) is 0 Å². The summed E-state index contributed by atoms with van der Waals surface area (Å²) in [5.41, 5.74) is 1.96. The number of allylic oxidation sites excluding steroid dienone is 1. The van der Waals surface area contributed by atoms with E-state index >= 15 is 0 Å². The third-order valence-electron chi connectivity index (χ3n) is 10.5. The van der Waals surface area contributed by atoms with Gasteiger partial charge in [-0.3, -0.25) is 4.79 Å². The summed E-state index contributed by atoms with van der Waals surface area (Å²) < 4.78 is 12.6. The van der Waals surface area contributed by atoms with Crippen molar-refractivity contribution in [3.63, 3.8) is 0 Å². The normalized spacial score (nSPS) is 40.7. The third-order valence-corrected chi connectivity index (χ3v) is 15.0. The fourth-order valence-corrected chi connectivity index (χ4v) is 8.30. The molecular weight excluding hydrogens is 400 g/mol. The zero-order valence-electron chi connectivity index (χ0n) is 21.2. The molecule has 176 valence electrons. The van der Waals surface area contributed by atoms with Crippen LogP contribution in [0.3, 0.4) is 0 Å². The molecule has 3 fully saturated rings. The van der Waals surface area contributed by atoms with E-state index in [9.17, 15) is 4.79 Å². The minimum absolute atomic E-state index is 0.0205. The van der Waals surface area contributed by atoms with Crippen LogP contribution in [0.15, 0.2) is 11.6 Å². The van der Waals surface area contributed by atoms with Crippen molar-refractivity contribution in [1.82, 2.24) is 0 Å². The largest absolute Gasteiger partial charge is 0.414 e. The van der Waals surface area contributed by atoms with Crippen molar-refractivity contribution >= 4 is 14.1 Å². The van der Waals surface area contributed by atoms with Gasteiger partial charge in [-0.15, -0.1) is 0 Å². The number of rotatable bonds is 5. The second-order valence-electron chi connectivity index (χ2n) is 13.0. The summed E-state index contributed by atoms with van der Waals surface area (Å²) in [6.07, 6.45) is 11.9. The van der Waals surface area contributed by atoms with Gasteiger partial charge in [0.1, 0.15) is 5.78 Å². The van der Waals surface area contributed by atoms with Crippen molar-refractivity contribution < 1.29 is 14.0 Å². The monoisotopic (exact) mass is 446 g/mol. The molecule has 4 heteroatoms. The van der Waals surface area contributed by atoms with E-state index in [0.717, 1.165) is 57.2 Å². The third kappa shape index (κ3) is 4.03. The van der Waals surface area contributed by atoms with Crippen LogP contribution in [-0.4, -0.2) is 33.4 Å². The van der Waals surface area contributed by atoms with Crippen molar-refractivity contribution in [1.29, 1.82) is 0 Å². The van der Waals surface area contributed by atoms with E-state index in [1.807, 2.05) is 0 Å². The highest BCUT2D eigenvalue weighted by atomic mass is 28.4. The Kier molecular flexibility index (Phi) is 6.19. The Hall–Kier alpha value is -0.453. The quantitative estimate of drug-likeness (QED) is 0.261. The van der Waals surface area contributed by atoms with E-state index in [1.165, 1.54) is 19.3 Å². The lowest BCUT2D eigenvalue weighted by Crippen LogP contribution is -2.50. The molecule has 0 aromatic carbocycles. The zero-order chi connectivity index (χ0) is 22.7. The predicted octanol–water partition coefficient (Wildman–Crippen LogP) is 6.93. The smallest absolute Gasteiger partial charge is 0.192 e. The maximum Gasteiger partial charge on any atom is 0.192 e. The van der Waals surface area contributed by atoms with Crippen LogP contribution in [0, 0.1) is 28.6 Å². The first-order valence-corrected chi connectivity index (χ1v) is 15.8. The summed E-state index contributed by atoms with van der Waals surface area (Å²) in [4.78, 5) is 12.6. The standard InChI is InChI=1S/C27H46O3Si/c1-25(2,3)31(6,7)30-17-16-29-20-12-14-26(4)19(18-20)8-9-21-22-10-11-24(28)27(22,5)15-13-23(21)26/h8,20-23H,9-18H2,1-7H3/t20-,21-,22-,23-,26-,27-/m0/s1. The Bertz CT molecular complexity index is 735. The molecule has 31 heavy (non-hydrogen) atoms. The molecular formula is C27H46O3Si. The lowest BCUT2D eigenvalue weighted by molar-refractivity contribution is -0.132. The molecule has 3 nitrogen and oxygen atoms in total. The Morgan fingerprint density at radius 2 is 1.71 bits per heavy atom. The molecule has 4 rings (SSSR count). The van der Waals surface area contributed by atoms with Crippen molar-refractivity contribution in [2.45, 2.75) is 110 Å². The Labute approximate surface area is 191 Å². The second kappa shape index (κ2) is 8.09. The highest BCUT2D eigenvalue weighted by Gasteiger charge is 2.58. The molecule has 0 aromatic heterocycles. The average Bonchev–Trinajstić information content (AvgIpc) is 2.99. The van der Waals surface area contributed by atoms with Gasteiger partial charge >= 0.3 is 0 Å². The van der Waals surface area contributed by atoms with E-state index in [1.54, 1.807) is 5.57 Å². The first-order valence-electron chi connectivity index (χ1n) is 12.9. The SMILES string of the molecule is CC(C)(C)[Si](C)(C)OCCO[C@H]1CC[C@@]2(C)C(=CC[C@@H]3[C@@H]2CC[C@]2(C)C(=O)CC[C@@H]32)C1. The zero-order valence-corrected chi connectivity index (χ0v) is 22.2. The van der Waals surface area contributed by atoms with Crippen molar-refractivity contribution in [3.8, 4) is 0 Å². The molecule has 0 bridgehead atoms. The highest BCUT2D eigenvalue weighted by molar-refractivity contribution is 6.74. The molecule has 0 saturated heterocycles. The summed E-state index contributed by atoms with van der Waals surface area (Å²) in [6.45, 7) is 17.8. The highest BCUT2D eigenvalue weighted by Crippen LogP contribution is 2.64. The van der Waals surface area contributed by atoms with Gasteiger partial charge in [0.15, 0.2) is 8.32 Å². The fraction of sp³-hybridized carbons (Fsp3) is 0.889. The molecule has 0 aliphatic heterocycles. The van der Waals surface area contributed by atoms with E-state index in [4.69, 9.17) is 9.16 Å². The lowest BCUT2D eigenvalue weighted by Gasteiger charge is -2.57. The van der Waals surface area contributed by atoms with Crippen LogP contribution in [0.5, 0.6) is 0 Å². The molecule has 4 aliphatic rings. The number of ether oxygens (including phenoxy) is 1. The molecule has 0 aromatic rings. The van der Waals surface area contributed by atoms with Gasteiger partial charge in [-0.25, -0.2) is 0 Å². The van der Waals surface area contributed by atoms with Crippen LogP contribution in [0.2, 0.25) is 18.1 Å². The Morgan fingerprint density at radius 1 is 1.03 bits per heavy atom. The van der Waals surface area contributed by atoms with E-state index in [-0.39, 0.29) is 10.5 Å². The van der Waals surface area contributed by atoms with E-state index in [0.29, 0.717) is 23.2 Å². The van der Waals surface area contributed by atoms with Crippen molar-refractivity contribution in [3.05, 3.63) is 11.6 Å². The first kappa shape index (κ1) is 23.7. The summed E-state index contributed by atoms with van der Waals surface area (Å²) in [5.74, 6) is 2.65. The molecule has 6 atom stereocenters. The fourth-order valence-electron chi connectivity index (χ4n) is 7.27. The van der Waals surface area contributed by atoms with Crippen LogP contribution in [0.1, 0.15) is 86.0 Å². The molecule has 0 N–H and O–H groups in total. The molecule has 0 unspecified atom stereocenters. The van der Waals surface area contributed by atoms with Crippen molar-refractivity contribution in [2.24, 2.45) is 28.6 Å². The van der Waals surface area contributed by atoms with Gasteiger partial charge in [0.05, 0.1) is 19.3 Å². The molecule has 4 aliphatic carbocycles. The number of fused-ring (bicyclic) bond motifs is 5. The van der Waals surface area contributed by atoms with Crippen LogP contribution >= 0.6 is 0 Å². The minimum atomic E-state index is -1.69. The Balaban J connectivity index is 1.35. The molecule has 3 saturated carbocycles. The van der Waals surface area contributed by atoms with E-state index < -0.39 is 8.32 Å². The van der Waals surface area contributed by atoms with Crippen LogP contribution < -0.4 is 0 Å². The van der Waals surface area contributed by atoms with Gasteiger partial charge in [0, 0.05) is 11.8 Å². The molecule has 0 amide bonds. The van der Waals surface area contributed by atoms with Gasteiger partial charge in [-0.1, -0.05) is 46.3 Å². The summed E-state index contributed by atoms with van der Waals surface area (Å²) in [5, 5.41) is 0.253. The molecule has 0 spiro atoms. The molecule has 0 radical (unpaired) electrons. The number of carbonyl (C=O) groups excluding carboxylic acids is 1. The summed E-state index contributed by atoms with van der Waals surface area (Å²) >= 11 is 0. The minimum Gasteiger partial charge on any atom is -0.414 e. The molecule has 0 heterocycles. The average molecular weight is 447 g/mol. The first-order chi connectivity index (χ1) is 14.4. The predicted molar refractivity (Wildman–Crippen MR) is 130 cm³/mol. The van der Waals surface area contributed by atoms with E-state index in [2.05, 4.69) is 53.8 Å². The van der Waals surface area contributed by atoms with Gasteiger partial charge < -0.3 is 9.16 Å². The topological polar surface area (TPSA) is 35.5 Å². The van der Waals surface area contributed by atoms with Crippen molar-refractivity contribution in [2.75, 3.05) is 13.2 Å².